The Morgan fingerprint density at radius 2 is 1.79 bits per heavy atom. The van der Waals surface area contributed by atoms with Gasteiger partial charge in [0.25, 0.3) is 0 Å². The molecule has 0 aliphatic heterocycles. The highest BCUT2D eigenvalue weighted by Gasteiger charge is 2.53. The summed E-state index contributed by atoms with van der Waals surface area (Å²) in [5.41, 5.74) is 1.88. The summed E-state index contributed by atoms with van der Waals surface area (Å²) in [5.74, 6) is 0.658. The van der Waals surface area contributed by atoms with Crippen molar-refractivity contribution in [3.63, 3.8) is 0 Å². The number of hydrogen-bond donors (Lipinski definition) is 1. The minimum Gasteiger partial charge on any atom is -0.356 e. The molecule has 3 aromatic rings. The molecule has 1 aliphatic carbocycles. The molecule has 1 saturated carbocycles. The van der Waals surface area contributed by atoms with Crippen molar-refractivity contribution in [3.8, 4) is 11.3 Å². The first-order valence-corrected chi connectivity index (χ1v) is 8.56. The van der Waals surface area contributed by atoms with Crippen LogP contribution in [-0.4, -0.2) is 11.1 Å². The summed E-state index contributed by atoms with van der Waals surface area (Å²) in [7, 11) is 0. The lowest BCUT2D eigenvalue weighted by molar-refractivity contribution is -0.118. The summed E-state index contributed by atoms with van der Waals surface area (Å²) in [4.78, 5) is 12.7. The third kappa shape index (κ3) is 2.76. The van der Waals surface area contributed by atoms with E-state index in [9.17, 15) is 4.79 Å². The van der Waals surface area contributed by atoms with Crippen molar-refractivity contribution in [3.05, 3.63) is 70.8 Å². The SMILES string of the molecule is O=C(Nc1ccc(Br)cc1)C1(c2cc(-c3ccccc3)on2)CC1. The molecule has 0 bridgehead atoms. The van der Waals surface area contributed by atoms with Gasteiger partial charge in [0.1, 0.15) is 0 Å². The molecule has 4 nitrogen and oxygen atoms in total. The van der Waals surface area contributed by atoms with Crippen LogP contribution in [0.1, 0.15) is 18.5 Å². The third-order valence-corrected chi connectivity index (χ3v) is 4.87. The van der Waals surface area contributed by atoms with Crippen LogP contribution in [0.5, 0.6) is 0 Å². The van der Waals surface area contributed by atoms with Crippen LogP contribution in [0.3, 0.4) is 0 Å². The van der Waals surface area contributed by atoms with Gasteiger partial charge in [0.15, 0.2) is 5.76 Å². The van der Waals surface area contributed by atoms with Crippen molar-refractivity contribution >= 4 is 27.5 Å². The Kier molecular flexibility index (Phi) is 3.73. The first kappa shape index (κ1) is 15.1. The monoisotopic (exact) mass is 382 g/mol. The van der Waals surface area contributed by atoms with E-state index in [0.717, 1.165) is 28.6 Å². The third-order valence-electron chi connectivity index (χ3n) is 4.35. The highest BCUT2D eigenvalue weighted by atomic mass is 79.9. The van der Waals surface area contributed by atoms with Gasteiger partial charge in [-0.05, 0) is 37.1 Å². The molecule has 5 heteroatoms. The molecule has 1 fully saturated rings. The summed E-state index contributed by atoms with van der Waals surface area (Å²) in [6, 6.07) is 19.2. The van der Waals surface area contributed by atoms with Crippen molar-refractivity contribution in [1.29, 1.82) is 0 Å². The fourth-order valence-electron chi connectivity index (χ4n) is 2.75. The first-order valence-electron chi connectivity index (χ1n) is 7.77. The number of amides is 1. The predicted octanol–water partition coefficient (Wildman–Crippen LogP) is 4.77. The van der Waals surface area contributed by atoms with Crippen LogP contribution in [0.15, 0.2) is 69.7 Å². The number of hydrogen-bond acceptors (Lipinski definition) is 3. The molecular formula is C19H15BrN2O2. The zero-order valence-corrected chi connectivity index (χ0v) is 14.4. The molecule has 0 unspecified atom stereocenters. The van der Waals surface area contributed by atoms with E-state index in [1.54, 1.807) is 0 Å². The lowest BCUT2D eigenvalue weighted by Gasteiger charge is -2.12. The van der Waals surface area contributed by atoms with Crippen LogP contribution in [0.25, 0.3) is 11.3 Å². The average molecular weight is 383 g/mol. The highest BCUT2D eigenvalue weighted by molar-refractivity contribution is 9.10. The smallest absolute Gasteiger partial charge is 0.236 e. The number of halogens is 1. The molecule has 0 saturated heterocycles. The maximum Gasteiger partial charge on any atom is 0.236 e. The van der Waals surface area contributed by atoms with E-state index >= 15 is 0 Å². The van der Waals surface area contributed by atoms with E-state index in [1.807, 2.05) is 60.7 Å². The second-order valence-electron chi connectivity index (χ2n) is 5.99. The van der Waals surface area contributed by atoms with Crippen LogP contribution in [0.4, 0.5) is 5.69 Å². The summed E-state index contributed by atoms with van der Waals surface area (Å²) in [6.45, 7) is 0. The first-order chi connectivity index (χ1) is 11.7. The van der Waals surface area contributed by atoms with Gasteiger partial charge in [-0.1, -0.05) is 51.4 Å². The molecule has 1 N–H and O–H groups in total. The van der Waals surface area contributed by atoms with Gasteiger partial charge in [-0.15, -0.1) is 0 Å². The van der Waals surface area contributed by atoms with Crippen LogP contribution in [-0.2, 0) is 10.2 Å². The molecule has 1 amide bonds. The zero-order chi connectivity index (χ0) is 16.6. The van der Waals surface area contributed by atoms with E-state index in [-0.39, 0.29) is 5.91 Å². The van der Waals surface area contributed by atoms with Gasteiger partial charge < -0.3 is 9.84 Å². The Morgan fingerprint density at radius 1 is 1.08 bits per heavy atom. The number of nitrogens with zero attached hydrogens (tertiary/aromatic N) is 1. The highest BCUT2D eigenvalue weighted by Crippen LogP contribution is 2.49. The van der Waals surface area contributed by atoms with E-state index in [0.29, 0.717) is 11.5 Å². The molecule has 1 heterocycles. The van der Waals surface area contributed by atoms with Gasteiger partial charge in [0.05, 0.1) is 11.1 Å². The number of rotatable bonds is 4. The summed E-state index contributed by atoms with van der Waals surface area (Å²) in [5, 5.41) is 7.14. The van der Waals surface area contributed by atoms with Gasteiger partial charge in [0.2, 0.25) is 5.91 Å². The molecule has 1 aliphatic rings. The Hall–Kier alpha value is -2.40. The summed E-state index contributed by atoms with van der Waals surface area (Å²) in [6.07, 6.45) is 1.58. The molecule has 1 aromatic heterocycles. The van der Waals surface area contributed by atoms with E-state index in [4.69, 9.17) is 4.52 Å². The van der Waals surface area contributed by atoms with Gasteiger partial charge >= 0.3 is 0 Å². The van der Waals surface area contributed by atoms with Crippen LogP contribution < -0.4 is 5.32 Å². The molecule has 0 spiro atoms. The Labute approximate surface area is 148 Å². The minimum atomic E-state index is -0.566. The van der Waals surface area contributed by atoms with Crippen molar-refractivity contribution in [2.75, 3.05) is 5.32 Å². The van der Waals surface area contributed by atoms with Gasteiger partial charge in [-0.25, -0.2) is 0 Å². The number of anilines is 1. The largest absolute Gasteiger partial charge is 0.356 e. The number of carbonyl (C=O) groups excluding carboxylic acids is 1. The van der Waals surface area contributed by atoms with Gasteiger partial charge in [0, 0.05) is 21.8 Å². The second-order valence-corrected chi connectivity index (χ2v) is 6.90. The average Bonchev–Trinajstić information content (AvgIpc) is 3.28. The van der Waals surface area contributed by atoms with E-state index < -0.39 is 5.41 Å². The Balaban J connectivity index is 1.56. The second kappa shape index (κ2) is 5.91. The molecule has 0 radical (unpaired) electrons. The Morgan fingerprint density at radius 3 is 2.46 bits per heavy atom. The maximum absolute atomic E-state index is 12.7. The summed E-state index contributed by atoms with van der Waals surface area (Å²) < 4.78 is 6.43. The quantitative estimate of drug-likeness (QED) is 0.706. The van der Waals surface area contributed by atoms with Crippen LogP contribution in [0.2, 0.25) is 0 Å². The van der Waals surface area contributed by atoms with Crippen LogP contribution >= 0.6 is 15.9 Å². The van der Waals surface area contributed by atoms with Gasteiger partial charge in [-0.3, -0.25) is 4.79 Å². The predicted molar refractivity (Wildman–Crippen MR) is 95.6 cm³/mol. The Bertz CT molecular complexity index is 868. The topological polar surface area (TPSA) is 55.1 Å². The molecular weight excluding hydrogens is 368 g/mol. The fraction of sp³-hybridized carbons (Fsp3) is 0.158. The zero-order valence-electron chi connectivity index (χ0n) is 12.8. The van der Waals surface area contributed by atoms with Crippen molar-refractivity contribution < 1.29 is 9.32 Å². The number of aromatic nitrogens is 1. The fourth-order valence-corrected chi connectivity index (χ4v) is 3.01. The maximum atomic E-state index is 12.7. The lowest BCUT2D eigenvalue weighted by atomic mass is 10.00. The standard InChI is InChI=1S/C19H15BrN2O2/c20-14-6-8-15(9-7-14)21-18(23)19(10-11-19)17-12-16(24-22-17)13-4-2-1-3-5-13/h1-9,12H,10-11H2,(H,21,23). The molecule has 24 heavy (non-hydrogen) atoms. The normalized spacial score (nSPS) is 15.0. The lowest BCUT2D eigenvalue weighted by Crippen LogP contribution is -2.28. The summed E-state index contributed by atoms with van der Waals surface area (Å²) >= 11 is 3.39. The number of carbonyl (C=O) groups is 1. The van der Waals surface area contributed by atoms with Crippen molar-refractivity contribution in [2.45, 2.75) is 18.3 Å². The molecule has 120 valence electrons. The number of nitrogens with one attached hydrogen (secondary N) is 1. The molecule has 0 atom stereocenters. The van der Waals surface area contributed by atoms with Crippen LogP contribution in [0, 0.1) is 0 Å². The minimum absolute atomic E-state index is 0.0299. The van der Waals surface area contributed by atoms with Crippen molar-refractivity contribution in [2.24, 2.45) is 0 Å². The number of benzene rings is 2. The van der Waals surface area contributed by atoms with Gasteiger partial charge in [-0.2, -0.15) is 0 Å². The molecule has 4 rings (SSSR count). The molecule has 2 aromatic carbocycles. The van der Waals surface area contributed by atoms with Crippen molar-refractivity contribution in [1.82, 2.24) is 5.16 Å². The van der Waals surface area contributed by atoms with E-state index in [1.165, 1.54) is 0 Å². The van der Waals surface area contributed by atoms with E-state index in [2.05, 4.69) is 26.4 Å².